The molecule has 0 aromatic rings. The molecule has 1 aliphatic rings. The minimum atomic E-state index is -0.816. The summed E-state index contributed by atoms with van der Waals surface area (Å²) < 4.78 is 0. The molecule has 1 unspecified atom stereocenters. The molecular formula is C9H17N3O3. The molecule has 0 spiro atoms. The molecular weight excluding hydrogens is 198 g/mol. The Labute approximate surface area is 88.8 Å². The maximum Gasteiger partial charge on any atom is 0.320 e. The van der Waals surface area contributed by atoms with Crippen LogP contribution in [0.15, 0.2) is 0 Å². The molecule has 0 radical (unpaired) electrons. The van der Waals surface area contributed by atoms with E-state index in [0.717, 1.165) is 0 Å². The number of rotatable bonds is 2. The standard InChI is InChI=1S/C9H17N3O3/c1-7(8(13)14)11-3-5-12(6-4-11)9(15)10-2/h7H,3-6H2,1-2H3,(H,10,15)(H,13,14). The summed E-state index contributed by atoms with van der Waals surface area (Å²) in [6.07, 6.45) is 0. The largest absolute Gasteiger partial charge is 0.480 e. The first kappa shape index (κ1) is 11.8. The third-order valence-corrected chi connectivity index (χ3v) is 2.72. The van der Waals surface area contributed by atoms with Crippen LogP contribution >= 0.6 is 0 Å². The highest BCUT2D eigenvalue weighted by atomic mass is 16.4. The second kappa shape index (κ2) is 4.97. The number of carbonyl (C=O) groups excluding carboxylic acids is 1. The van der Waals surface area contributed by atoms with Crippen LogP contribution in [0.2, 0.25) is 0 Å². The van der Waals surface area contributed by atoms with E-state index in [9.17, 15) is 9.59 Å². The van der Waals surface area contributed by atoms with Gasteiger partial charge in [-0.05, 0) is 6.92 Å². The van der Waals surface area contributed by atoms with Gasteiger partial charge in [-0.1, -0.05) is 0 Å². The summed E-state index contributed by atoms with van der Waals surface area (Å²) in [5.41, 5.74) is 0. The summed E-state index contributed by atoms with van der Waals surface area (Å²) in [4.78, 5) is 25.5. The van der Waals surface area contributed by atoms with Gasteiger partial charge in [-0.2, -0.15) is 0 Å². The van der Waals surface area contributed by atoms with E-state index in [4.69, 9.17) is 5.11 Å². The van der Waals surface area contributed by atoms with Crippen LogP contribution in [0.3, 0.4) is 0 Å². The van der Waals surface area contributed by atoms with Crippen molar-refractivity contribution in [2.45, 2.75) is 13.0 Å². The smallest absolute Gasteiger partial charge is 0.320 e. The lowest BCUT2D eigenvalue weighted by atomic mass is 10.2. The van der Waals surface area contributed by atoms with Crippen LogP contribution in [0, 0.1) is 0 Å². The van der Waals surface area contributed by atoms with E-state index in [2.05, 4.69) is 5.32 Å². The van der Waals surface area contributed by atoms with Crippen LogP contribution in [-0.2, 0) is 4.79 Å². The Balaban J connectivity index is 2.42. The first-order valence-corrected chi connectivity index (χ1v) is 4.99. The van der Waals surface area contributed by atoms with Crippen molar-refractivity contribution in [2.75, 3.05) is 33.2 Å². The number of nitrogens with one attached hydrogen (secondary N) is 1. The van der Waals surface area contributed by atoms with Gasteiger partial charge in [0.05, 0.1) is 0 Å². The first-order chi connectivity index (χ1) is 7.06. The van der Waals surface area contributed by atoms with Gasteiger partial charge in [-0.3, -0.25) is 9.69 Å². The average Bonchev–Trinajstić information content (AvgIpc) is 2.27. The van der Waals surface area contributed by atoms with Crippen molar-refractivity contribution < 1.29 is 14.7 Å². The van der Waals surface area contributed by atoms with E-state index < -0.39 is 12.0 Å². The van der Waals surface area contributed by atoms with Crippen molar-refractivity contribution in [1.29, 1.82) is 0 Å². The number of piperazine rings is 1. The van der Waals surface area contributed by atoms with Gasteiger partial charge < -0.3 is 15.3 Å². The van der Waals surface area contributed by atoms with Crippen LogP contribution in [0.1, 0.15) is 6.92 Å². The van der Waals surface area contributed by atoms with E-state index >= 15 is 0 Å². The number of aliphatic carboxylic acids is 1. The molecule has 0 aromatic heterocycles. The normalized spacial score (nSPS) is 19.7. The fourth-order valence-electron chi connectivity index (χ4n) is 1.63. The lowest BCUT2D eigenvalue weighted by Crippen LogP contribution is -2.54. The Morgan fingerprint density at radius 3 is 2.20 bits per heavy atom. The molecule has 6 nitrogen and oxygen atoms in total. The number of carboxylic acids is 1. The molecule has 2 amide bonds. The maximum absolute atomic E-state index is 11.3. The van der Waals surface area contributed by atoms with Crippen LogP contribution in [0.25, 0.3) is 0 Å². The quantitative estimate of drug-likeness (QED) is 0.646. The predicted octanol–water partition coefficient (Wildman–Crippen LogP) is -0.583. The molecule has 6 heteroatoms. The number of urea groups is 1. The van der Waals surface area contributed by atoms with Crippen LogP contribution < -0.4 is 5.32 Å². The Kier molecular flexibility index (Phi) is 3.90. The number of hydrogen-bond donors (Lipinski definition) is 2. The van der Waals surface area contributed by atoms with Crippen molar-refractivity contribution in [3.8, 4) is 0 Å². The minimum Gasteiger partial charge on any atom is -0.480 e. The molecule has 1 saturated heterocycles. The molecule has 86 valence electrons. The van der Waals surface area contributed by atoms with E-state index in [1.54, 1.807) is 18.9 Å². The van der Waals surface area contributed by atoms with E-state index in [1.165, 1.54) is 0 Å². The third-order valence-electron chi connectivity index (χ3n) is 2.72. The third kappa shape index (κ3) is 2.82. The van der Waals surface area contributed by atoms with Crippen molar-refractivity contribution in [3.05, 3.63) is 0 Å². The SMILES string of the molecule is CNC(=O)N1CCN(C(C)C(=O)O)CC1. The fourth-order valence-corrected chi connectivity index (χ4v) is 1.63. The van der Waals surface area contributed by atoms with Crippen molar-refractivity contribution in [1.82, 2.24) is 15.1 Å². The lowest BCUT2D eigenvalue weighted by Gasteiger charge is -2.36. The predicted molar refractivity (Wildman–Crippen MR) is 54.7 cm³/mol. The maximum atomic E-state index is 11.3. The molecule has 1 fully saturated rings. The van der Waals surface area contributed by atoms with E-state index in [-0.39, 0.29) is 6.03 Å². The van der Waals surface area contributed by atoms with Crippen LogP contribution in [0.4, 0.5) is 4.79 Å². The van der Waals surface area contributed by atoms with Crippen molar-refractivity contribution in [2.24, 2.45) is 0 Å². The highest BCUT2D eigenvalue weighted by Gasteiger charge is 2.26. The van der Waals surface area contributed by atoms with E-state index in [0.29, 0.717) is 26.2 Å². The molecule has 15 heavy (non-hydrogen) atoms. The Morgan fingerprint density at radius 1 is 1.27 bits per heavy atom. The van der Waals surface area contributed by atoms with E-state index in [1.807, 2.05) is 4.90 Å². The molecule has 0 saturated carbocycles. The van der Waals surface area contributed by atoms with Gasteiger partial charge in [-0.15, -0.1) is 0 Å². The number of hydrogen-bond acceptors (Lipinski definition) is 3. The summed E-state index contributed by atoms with van der Waals surface area (Å²) >= 11 is 0. The fraction of sp³-hybridized carbons (Fsp3) is 0.778. The zero-order valence-electron chi connectivity index (χ0n) is 9.06. The van der Waals surface area contributed by atoms with Gasteiger partial charge in [-0.25, -0.2) is 4.79 Å². The van der Waals surface area contributed by atoms with Crippen molar-refractivity contribution in [3.63, 3.8) is 0 Å². The molecule has 2 N–H and O–H groups in total. The Morgan fingerprint density at radius 2 is 1.80 bits per heavy atom. The van der Waals surface area contributed by atoms with Crippen LogP contribution in [-0.4, -0.2) is 66.2 Å². The van der Waals surface area contributed by atoms with Gasteiger partial charge in [0.15, 0.2) is 0 Å². The first-order valence-electron chi connectivity index (χ1n) is 4.99. The number of carbonyl (C=O) groups is 2. The summed E-state index contributed by atoms with van der Waals surface area (Å²) in [6.45, 7) is 4.05. The molecule has 0 aromatic carbocycles. The molecule has 0 aliphatic carbocycles. The topological polar surface area (TPSA) is 72.9 Å². The highest BCUT2D eigenvalue weighted by molar-refractivity contribution is 5.74. The summed E-state index contributed by atoms with van der Waals surface area (Å²) in [6, 6.07) is -0.575. The summed E-state index contributed by atoms with van der Waals surface area (Å²) in [7, 11) is 1.59. The Hall–Kier alpha value is -1.30. The summed E-state index contributed by atoms with van der Waals surface area (Å²) in [5.74, 6) is -0.816. The molecule has 1 atom stereocenters. The van der Waals surface area contributed by atoms with Crippen molar-refractivity contribution >= 4 is 12.0 Å². The second-order valence-electron chi connectivity index (χ2n) is 3.59. The van der Waals surface area contributed by atoms with Gasteiger partial charge in [0, 0.05) is 33.2 Å². The van der Waals surface area contributed by atoms with Gasteiger partial charge >= 0.3 is 12.0 Å². The molecule has 0 bridgehead atoms. The number of nitrogens with zero attached hydrogens (tertiary/aromatic N) is 2. The average molecular weight is 215 g/mol. The molecule has 1 rings (SSSR count). The van der Waals surface area contributed by atoms with Gasteiger partial charge in [0.2, 0.25) is 0 Å². The number of amides is 2. The monoisotopic (exact) mass is 215 g/mol. The Bertz CT molecular complexity index is 249. The minimum absolute atomic E-state index is 0.0994. The zero-order valence-corrected chi connectivity index (χ0v) is 9.06. The van der Waals surface area contributed by atoms with Crippen LogP contribution in [0.5, 0.6) is 0 Å². The molecule has 1 aliphatic heterocycles. The van der Waals surface area contributed by atoms with Gasteiger partial charge in [0.1, 0.15) is 6.04 Å². The number of carboxylic acid groups (broad SMARTS) is 1. The lowest BCUT2D eigenvalue weighted by molar-refractivity contribution is -0.143. The summed E-state index contributed by atoms with van der Waals surface area (Å²) in [5, 5.41) is 11.4. The molecule has 1 heterocycles. The zero-order chi connectivity index (χ0) is 11.4. The van der Waals surface area contributed by atoms with Gasteiger partial charge in [0.25, 0.3) is 0 Å². The second-order valence-corrected chi connectivity index (χ2v) is 3.59. The highest BCUT2D eigenvalue weighted by Crippen LogP contribution is 2.06.